The average Bonchev–Trinajstić information content (AvgIpc) is 2.29. The molecule has 0 aromatic heterocycles. The lowest BCUT2D eigenvalue weighted by Gasteiger charge is -2.12. The predicted molar refractivity (Wildman–Crippen MR) is 55.0 cm³/mol. The van der Waals surface area contributed by atoms with Crippen molar-refractivity contribution in [1.82, 2.24) is 5.32 Å². The summed E-state index contributed by atoms with van der Waals surface area (Å²) in [6.07, 6.45) is 0. The summed E-state index contributed by atoms with van der Waals surface area (Å²) in [6.45, 7) is 1.80. The average molecular weight is 207 g/mol. The first-order valence-corrected chi connectivity index (χ1v) is 4.59. The number of esters is 1. The molecule has 0 saturated heterocycles. The maximum absolute atomic E-state index is 11.2. The number of carbonyl (C=O) groups excluding carboxylic acids is 2. The maximum atomic E-state index is 11.2. The summed E-state index contributed by atoms with van der Waals surface area (Å²) in [5.41, 5.74) is 0.940. The van der Waals surface area contributed by atoms with Crippen molar-refractivity contribution in [3.63, 3.8) is 0 Å². The molecule has 0 aliphatic carbocycles. The lowest BCUT2D eigenvalue weighted by Crippen LogP contribution is -2.33. The van der Waals surface area contributed by atoms with Crippen LogP contribution < -0.4 is 5.32 Å². The van der Waals surface area contributed by atoms with Gasteiger partial charge < -0.3 is 10.1 Å². The van der Waals surface area contributed by atoms with Crippen LogP contribution in [0.1, 0.15) is 18.5 Å². The van der Waals surface area contributed by atoms with E-state index < -0.39 is 11.9 Å². The van der Waals surface area contributed by atoms with Gasteiger partial charge in [0.05, 0.1) is 13.2 Å². The number of carbonyl (C=O) groups is 2. The van der Waals surface area contributed by atoms with Gasteiger partial charge in [-0.25, -0.2) is 4.79 Å². The summed E-state index contributed by atoms with van der Waals surface area (Å²) in [7, 11) is 1.18. The van der Waals surface area contributed by atoms with E-state index in [1.54, 1.807) is 6.92 Å². The summed E-state index contributed by atoms with van der Waals surface area (Å²) in [5.74, 6) is -1.60. The van der Waals surface area contributed by atoms with E-state index in [-0.39, 0.29) is 6.04 Å². The van der Waals surface area contributed by atoms with Gasteiger partial charge in [0.25, 0.3) is 0 Å². The quantitative estimate of drug-likeness (QED) is 0.582. The van der Waals surface area contributed by atoms with E-state index in [0.29, 0.717) is 0 Å². The SMILES string of the molecule is COC(=O)C(=O)N[C@@H](C)c1ccccc1. The molecule has 1 aromatic rings. The van der Waals surface area contributed by atoms with Crippen molar-refractivity contribution < 1.29 is 14.3 Å². The highest BCUT2D eigenvalue weighted by atomic mass is 16.5. The molecular weight excluding hydrogens is 194 g/mol. The van der Waals surface area contributed by atoms with Gasteiger partial charge in [-0.15, -0.1) is 0 Å². The van der Waals surface area contributed by atoms with E-state index in [0.717, 1.165) is 5.56 Å². The number of ether oxygens (including phenoxy) is 1. The lowest BCUT2D eigenvalue weighted by atomic mass is 10.1. The van der Waals surface area contributed by atoms with Gasteiger partial charge in [0, 0.05) is 0 Å². The molecule has 0 radical (unpaired) electrons. The molecule has 1 atom stereocenters. The number of methoxy groups -OCH3 is 1. The monoisotopic (exact) mass is 207 g/mol. The van der Waals surface area contributed by atoms with Crippen molar-refractivity contribution in [1.29, 1.82) is 0 Å². The molecule has 1 rings (SSSR count). The zero-order chi connectivity index (χ0) is 11.3. The van der Waals surface area contributed by atoms with Crippen LogP contribution in [0.15, 0.2) is 30.3 Å². The van der Waals surface area contributed by atoms with Gasteiger partial charge in [0.1, 0.15) is 0 Å². The number of hydrogen-bond donors (Lipinski definition) is 1. The van der Waals surface area contributed by atoms with E-state index in [2.05, 4.69) is 10.1 Å². The van der Waals surface area contributed by atoms with Crippen molar-refractivity contribution in [2.45, 2.75) is 13.0 Å². The molecule has 0 heterocycles. The van der Waals surface area contributed by atoms with Crippen LogP contribution in [0.25, 0.3) is 0 Å². The zero-order valence-corrected chi connectivity index (χ0v) is 8.69. The highest BCUT2D eigenvalue weighted by Crippen LogP contribution is 2.10. The third kappa shape index (κ3) is 3.09. The standard InChI is InChI=1S/C11H13NO3/c1-8(9-6-4-3-5-7-9)12-10(13)11(14)15-2/h3-8H,1-2H3,(H,12,13)/t8-/m0/s1. The lowest BCUT2D eigenvalue weighted by molar-refractivity contribution is -0.153. The Balaban J connectivity index is 2.60. The van der Waals surface area contributed by atoms with Crippen molar-refractivity contribution in [3.8, 4) is 0 Å². The Morgan fingerprint density at radius 2 is 1.87 bits per heavy atom. The van der Waals surface area contributed by atoms with Crippen LogP contribution in [0, 0.1) is 0 Å². The van der Waals surface area contributed by atoms with Gasteiger partial charge in [0.2, 0.25) is 0 Å². The molecule has 1 N–H and O–H groups in total. The van der Waals surface area contributed by atoms with E-state index in [1.807, 2.05) is 30.3 Å². The molecule has 4 heteroatoms. The van der Waals surface area contributed by atoms with Crippen molar-refractivity contribution >= 4 is 11.9 Å². The molecule has 0 bridgehead atoms. The second kappa shape index (κ2) is 5.14. The van der Waals surface area contributed by atoms with E-state index in [9.17, 15) is 9.59 Å². The summed E-state index contributed by atoms with van der Waals surface area (Å²) in [4.78, 5) is 22.0. The maximum Gasteiger partial charge on any atom is 0.396 e. The Hall–Kier alpha value is -1.84. The van der Waals surface area contributed by atoms with Crippen LogP contribution in [-0.4, -0.2) is 19.0 Å². The second-order valence-electron chi connectivity index (χ2n) is 3.10. The third-order valence-electron chi connectivity index (χ3n) is 2.02. The molecule has 0 spiro atoms. The Morgan fingerprint density at radius 1 is 1.27 bits per heavy atom. The topological polar surface area (TPSA) is 55.4 Å². The summed E-state index contributed by atoms with van der Waals surface area (Å²) in [5, 5.41) is 2.53. The van der Waals surface area contributed by atoms with Crippen LogP contribution >= 0.6 is 0 Å². The molecule has 0 fully saturated rings. The number of amides is 1. The van der Waals surface area contributed by atoms with Crippen LogP contribution in [0.2, 0.25) is 0 Å². The van der Waals surface area contributed by atoms with Crippen LogP contribution in [0.5, 0.6) is 0 Å². The minimum absolute atomic E-state index is 0.210. The van der Waals surface area contributed by atoms with Gasteiger partial charge in [0.15, 0.2) is 0 Å². The minimum atomic E-state index is -0.877. The van der Waals surface area contributed by atoms with Gasteiger partial charge in [-0.3, -0.25) is 4.79 Å². The van der Waals surface area contributed by atoms with Crippen molar-refractivity contribution in [2.24, 2.45) is 0 Å². The molecule has 15 heavy (non-hydrogen) atoms. The first-order valence-electron chi connectivity index (χ1n) is 4.59. The Labute approximate surface area is 88.2 Å². The highest BCUT2D eigenvalue weighted by Gasteiger charge is 2.16. The Bertz CT molecular complexity index is 348. The number of rotatable bonds is 2. The molecule has 0 unspecified atom stereocenters. The largest absolute Gasteiger partial charge is 0.462 e. The van der Waals surface area contributed by atoms with Gasteiger partial charge in [-0.1, -0.05) is 30.3 Å². The Morgan fingerprint density at radius 3 is 2.40 bits per heavy atom. The summed E-state index contributed by atoms with van der Waals surface area (Å²) < 4.78 is 4.30. The molecule has 80 valence electrons. The van der Waals surface area contributed by atoms with Gasteiger partial charge in [-0.05, 0) is 12.5 Å². The van der Waals surface area contributed by atoms with Gasteiger partial charge in [-0.2, -0.15) is 0 Å². The molecule has 0 aliphatic rings. The normalized spacial score (nSPS) is 11.6. The molecule has 0 aliphatic heterocycles. The summed E-state index contributed by atoms with van der Waals surface area (Å²) in [6, 6.07) is 9.17. The second-order valence-corrected chi connectivity index (χ2v) is 3.10. The molecule has 1 amide bonds. The smallest absolute Gasteiger partial charge is 0.396 e. The van der Waals surface area contributed by atoms with Gasteiger partial charge >= 0.3 is 11.9 Å². The predicted octanol–water partition coefficient (Wildman–Crippen LogP) is 1.04. The number of benzene rings is 1. The van der Waals surface area contributed by atoms with Crippen LogP contribution in [0.3, 0.4) is 0 Å². The van der Waals surface area contributed by atoms with Crippen molar-refractivity contribution in [3.05, 3.63) is 35.9 Å². The first kappa shape index (κ1) is 11.2. The third-order valence-corrected chi connectivity index (χ3v) is 2.02. The van der Waals surface area contributed by atoms with E-state index in [4.69, 9.17) is 0 Å². The molecule has 0 saturated carbocycles. The number of hydrogen-bond acceptors (Lipinski definition) is 3. The molecule has 1 aromatic carbocycles. The van der Waals surface area contributed by atoms with Crippen LogP contribution in [0.4, 0.5) is 0 Å². The zero-order valence-electron chi connectivity index (χ0n) is 8.69. The first-order chi connectivity index (χ1) is 7.15. The van der Waals surface area contributed by atoms with E-state index >= 15 is 0 Å². The molecular formula is C11H13NO3. The molecule has 4 nitrogen and oxygen atoms in total. The fraction of sp³-hybridized carbons (Fsp3) is 0.273. The fourth-order valence-electron chi connectivity index (χ4n) is 1.17. The minimum Gasteiger partial charge on any atom is -0.462 e. The van der Waals surface area contributed by atoms with E-state index in [1.165, 1.54) is 7.11 Å². The van der Waals surface area contributed by atoms with Crippen LogP contribution in [-0.2, 0) is 14.3 Å². The van der Waals surface area contributed by atoms with Crippen molar-refractivity contribution in [2.75, 3.05) is 7.11 Å². The summed E-state index contributed by atoms with van der Waals surface area (Å²) >= 11 is 0. The number of nitrogens with one attached hydrogen (secondary N) is 1. The fourth-order valence-corrected chi connectivity index (χ4v) is 1.17. The highest BCUT2D eigenvalue weighted by molar-refractivity contribution is 6.32. The Kier molecular flexibility index (Phi) is 3.85.